The van der Waals surface area contributed by atoms with Crippen LogP contribution in [0.4, 0.5) is 0 Å². The lowest BCUT2D eigenvalue weighted by Gasteiger charge is -2.56. The fraction of sp³-hybridized carbons (Fsp3) is 0.611. The third-order valence-electron chi connectivity index (χ3n) is 5.79. The maximum Gasteiger partial charge on any atom is 0.0665 e. The van der Waals surface area contributed by atoms with Gasteiger partial charge in [0.2, 0.25) is 0 Å². The molecule has 0 bridgehead atoms. The van der Waals surface area contributed by atoms with Crippen LogP contribution in [-0.4, -0.2) is 41.3 Å². The lowest BCUT2D eigenvalue weighted by atomic mass is 9.48. The Balaban J connectivity index is 1.57. The number of nitrogens with zero attached hydrogens (tertiary/aromatic N) is 3. The van der Waals surface area contributed by atoms with E-state index in [0.717, 1.165) is 25.6 Å². The smallest absolute Gasteiger partial charge is 0.0665 e. The molecule has 1 aliphatic heterocycles. The summed E-state index contributed by atoms with van der Waals surface area (Å²) < 4.78 is 7.62. The fourth-order valence-corrected chi connectivity index (χ4v) is 5.19. The Morgan fingerprint density at radius 3 is 2.95 bits per heavy atom. The Morgan fingerprint density at radius 1 is 1.32 bits per heavy atom. The quantitative estimate of drug-likeness (QED) is 0.869. The molecule has 2 aliphatic rings. The molecule has 1 saturated heterocycles. The van der Waals surface area contributed by atoms with Gasteiger partial charge in [-0.1, -0.05) is 19.9 Å². The zero-order chi connectivity index (χ0) is 15.4. The molecule has 0 radical (unpaired) electrons. The van der Waals surface area contributed by atoms with Crippen LogP contribution < -0.4 is 0 Å². The first-order valence-electron chi connectivity index (χ1n) is 8.17. The van der Waals surface area contributed by atoms with Crippen molar-refractivity contribution in [2.45, 2.75) is 26.8 Å². The van der Waals surface area contributed by atoms with Crippen molar-refractivity contribution in [3.63, 3.8) is 0 Å². The Kier molecular flexibility index (Phi) is 3.10. The number of ether oxygens (including phenoxy) is 1. The SMILES string of the molecule is COC[C@@]12CN(Cc3cccc4ccnn34)C[C@@H]1C(C)(C)C2. The molecule has 2 fully saturated rings. The van der Waals surface area contributed by atoms with Gasteiger partial charge in [0, 0.05) is 38.4 Å². The van der Waals surface area contributed by atoms with Crippen LogP contribution in [0.2, 0.25) is 0 Å². The molecule has 3 heterocycles. The number of hydrogen-bond donors (Lipinski definition) is 0. The van der Waals surface area contributed by atoms with Crippen molar-refractivity contribution in [2.75, 3.05) is 26.8 Å². The van der Waals surface area contributed by atoms with Crippen LogP contribution in [0.15, 0.2) is 30.5 Å². The first-order chi connectivity index (χ1) is 10.5. The number of hydrogen-bond acceptors (Lipinski definition) is 3. The van der Waals surface area contributed by atoms with Gasteiger partial charge >= 0.3 is 0 Å². The van der Waals surface area contributed by atoms with E-state index in [0.29, 0.717) is 10.8 Å². The first kappa shape index (κ1) is 14.2. The highest BCUT2D eigenvalue weighted by atomic mass is 16.5. The summed E-state index contributed by atoms with van der Waals surface area (Å²) in [7, 11) is 1.84. The molecule has 2 atom stereocenters. The third-order valence-corrected chi connectivity index (χ3v) is 5.79. The Morgan fingerprint density at radius 2 is 2.18 bits per heavy atom. The van der Waals surface area contributed by atoms with Crippen molar-refractivity contribution in [3.8, 4) is 0 Å². The summed E-state index contributed by atoms with van der Waals surface area (Å²) in [6.45, 7) is 8.99. The predicted octanol–water partition coefficient (Wildman–Crippen LogP) is 2.83. The summed E-state index contributed by atoms with van der Waals surface area (Å²) in [5, 5.41) is 4.46. The van der Waals surface area contributed by atoms with E-state index in [1.54, 1.807) is 0 Å². The van der Waals surface area contributed by atoms with Crippen molar-refractivity contribution >= 4 is 5.52 Å². The maximum absolute atomic E-state index is 5.56. The zero-order valence-corrected chi connectivity index (χ0v) is 13.7. The molecule has 4 nitrogen and oxygen atoms in total. The van der Waals surface area contributed by atoms with Gasteiger partial charge in [-0.2, -0.15) is 5.10 Å². The van der Waals surface area contributed by atoms with Gasteiger partial charge in [0.1, 0.15) is 0 Å². The molecular weight excluding hydrogens is 274 g/mol. The van der Waals surface area contributed by atoms with Crippen LogP contribution in [0.25, 0.3) is 5.52 Å². The van der Waals surface area contributed by atoms with Crippen LogP contribution in [-0.2, 0) is 11.3 Å². The number of fused-ring (bicyclic) bond motifs is 2. The average molecular weight is 299 g/mol. The van der Waals surface area contributed by atoms with E-state index in [4.69, 9.17) is 4.74 Å². The lowest BCUT2D eigenvalue weighted by Crippen LogP contribution is -2.55. The van der Waals surface area contributed by atoms with Crippen LogP contribution in [0.3, 0.4) is 0 Å². The monoisotopic (exact) mass is 299 g/mol. The van der Waals surface area contributed by atoms with Crippen molar-refractivity contribution in [2.24, 2.45) is 16.7 Å². The van der Waals surface area contributed by atoms with Crippen molar-refractivity contribution in [1.82, 2.24) is 14.5 Å². The minimum atomic E-state index is 0.371. The van der Waals surface area contributed by atoms with E-state index < -0.39 is 0 Å². The number of aromatic nitrogens is 2. The Labute approximate surface area is 132 Å². The van der Waals surface area contributed by atoms with Crippen LogP contribution >= 0.6 is 0 Å². The molecule has 4 heteroatoms. The van der Waals surface area contributed by atoms with Gasteiger partial charge in [-0.05, 0) is 36.0 Å². The second-order valence-corrected chi connectivity index (χ2v) is 7.87. The molecule has 0 N–H and O–H groups in total. The highest BCUT2D eigenvalue weighted by Gasteiger charge is 2.62. The normalized spacial score (nSPS) is 30.4. The predicted molar refractivity (Wildman–Crippen MR) is 86.7 cm³/mol. The lowest BCUT2D eigenvalue weighted by molar-refractivity contribution is -0.107. The van der Waals surface area contributed by atoms with E-state index in [1.165, 1.54) is 24.2 Å². The fourth-order valence-electron chi connectivity index (χ4n) is 5.19. The molecular formula is C18H25N3O. The second kappa shape index (κ2) is 4.80. The van der Waals surface area contributed by atoms with E-state index in [9.17, 15) is 0 Å². The highest BCUT2D eigenvalue weighted by Crippen LogP contribution is 2.62. The van der Waals surface area contributed by atoms with Crippen molar-refractivity contribution < 1.29 is 4.74 Å². The number of likely N-dealkylation sites (tertiary alicyclic amines) is 1. The summed E-state index contributed by atoms with van der Waals surface area (Å²) in [5.41, 5.74) is 3.27. The van der Waals surface area contributed by atoms with Crippen molar-refractivity contribution in [3.05, 3.63) is 36.2 Å². The first-order valence-corrected chi connectivity index (χ1v) is 8.17. The van der Waals surface area contributed by atoms with Crippen molar-refractivity contribution in [1.29, 1.82) is 0 Å². The molecule has 22 heavy (non-hydrogen) atoms. The van der Waals surface area contributed by atoms with Gasteiger partial charge in [-0.3, -0.25) is 4.90 Å². The summed E-state index contributed by atoms with van der Waals surface area (Å²) >= 11 is 0. The largest absolute Gasteiger partial charge is 0.384 e. The van der Waals surface area contributed by atoms with Crippen LogP contribution in [0, 0.1) is 16.7 Å². The Hall–Kier alpha value is -1.39. The molecule has 1 saturated carbocycles. The van der Waals surface area contributed by atoms with E-state index in [1.807, 2.05) is 13.3 Å². The molecule has 4 rings (SSSR count). The van der Waals surface area contributed by atoms with E-state index >= 15 is 0 Å². The number of rotatable bonds is 4. The molecule has 2 aromatic heterocycles. The van der Waals surface area contributed by atoms with E-state index in [2.05, 4.69) is 52.6 Å². The standard InChI is InChI=1S/C18H25N3O/c1-17(2)11-18(13-22-3)12-20(10-16(17)18)9-15-6-4-5-14-7-8-19-21(14)15/h4-8,16H,9-13H2,1-3H3/t16-,18-/m1/s1. The van der Waals surface area contributed by atoms with E-state index in [-0.39, 0.29) is 0 Å². The summed E-state index contributed by atoms with van der Waals surface area (Å²) in [6, 6.07) is 8.49. The van der Waals surface area contributed by atoms with Crippen LogP contribution in [0.1, 0.15) is 26.0 Å². The minimum Gasteiger partial charge on any atom is -0.384 e. The van der Waals surface area contributed by atoms with Gasteiger partial charge in [0.25, 0.3) is 0 Å². The third kappa shape index (κ3) is 2.01. The minimum absolute atomic E-state index is 0.371. The highest BCUT2D eigenvalue weighted by molar-refractivity contribution is 5.46. The van der Waals surface area contributed by atoms with Gasteiger partial charge in [0.15, 0.2) is 0 Å². The second-order valence-electron chi connectivity index (χ2n) is 7.87. The number of methoxy groups -OCH3 is 1. The summed E-state index contributed by atoms with van der Waals surface area (Å²) in [6.07, 6.45) is 3.16. The molecule has 0 spiro atoms. The molecule has 0 amide bonds. The van der Waals surface area contributed by atoms with Gasteiger partial charge in [-0.15, -0.1) is 0 Å². The Bertz CT molecular complexity index is 692. The topological polar surface area (TPSA) is 29.8 Å². The van der Waals surface area contributed by atoms with Gasteiger partial charge < -0.3 is 4.74 Å². The van der Waals surface area contributed by atoms with Gasteiger partial charge in [-0.25, -0.2) is 4.52 Å². The van der Waals surface area contributed by atoms with Gasteiger partial charge in [0.05, 0.1) is 17.8 Å². The molecule has 0 unspecified atom stereocenters. The molecule has 0 aromatic carbocycles. The van der Waals surface area contributed by atoms with Crippen LogP contribution in [0.5, 0.6) is 0 Å². The number of pyridine rings is 1. The summed E-state index contributed by atoms with van der Waals surface area (Å²) in [4.78, 5) is 2.59. The maximum atomic E-state index is 5.56. The molecule has 118 valence electrons. The average Bonchev–Trinajstić information content (AvgIpc) is 3.03. The molecule has 2 aromatic rings. The summed E-state index contributed by atoms with van der Waals surface area (Å²) in [5.74, 6) is 0.747. The zero-order valence-electron chi connectivity index (χ0n) is 13.7. The molecule has 1 aliphatic carbocycles.